The van der Waals surface area contributed by atoms with Crippen molar-refractivity contribution >= 4 is 17.7 Å². The van der Waals surface area contributed by atoms with Crippen LogP contribution in [0.5, 0.6) is 0 Å². The second kappa shape index (κ2) is 6.83. The first kappa shape index (κ1) is 17.2. The summed E-state index contributed by atoms with van der Waals surface area (Å²) >= 11 is 0. The Morgan fingerprint density at radius 2 is 1.96 bits per heavy atom. The maximum atomic E-state index is 12.8. The fourth-order valence-corrected chi connectivity index (χ4v) is 4.14. The predicted octanol–water partition coefficient (Wildman–Crippen LogP) is 2.33. The van der Waals surface area contributed by atoms with Gasteiger partial charge in [0.15, 0.2) is 0 Å². The van der Waals surface area contributed by atoms with Crippen molar-refractivity contribution < 1.29 is 19.1 Å². The molecule has 6 heteroatoms. The van der Waals surface area contributed by atoms with Gasteiger partial charge in [0.1, 0.15) is 0 Å². The summed E-state index contributed by atoms with van der Waals surface area (Å²) < 4.78 is 5.55. The smallest absolute Gasteiger partial charge is 0.261 e. The molecular formula is C20H24N2O4. The summed E-state index contributed by atoms with van der Waals surface area (Å²) in [6.45, 7) is 4.61. The van der Waals surface area contributed by atoms with Crippen LogP contribution in [0.15, 0.2) is 18.2 Å². The topological polar surface area (TPSA) is 66.9 Å². The molecule has 3 aliphatic heterocycles. The third-order valence-corrected chi connectivity index (χ3v) is 5.57. The molecule has 0 bridgehead atoms. The molecular weight excluding hydrogens is 332 g/mol. The summed E-state index contributed by atoms with van der Waals surface area (Å²) in [6, 6.07) is 4.87. The highest BCUT2D eigenvalue weighted by Gasteiger charge is 2.38. The number of carbonyl (C=O) groups excluding carboxylic acids is 3. The fraction of sp³-hybridized carbons (Fsp3) is 0.550. The molecule has 6 nitrogen and oxygen atoms in total. The number of carbonyl (C=O) groups is 3. The van der Waals surface area contributed by atoms with Gasteiger partial charge in [-0.1, -0.05) is 6.92 Å². The van der Waals surface area contributed by atoms with Crippen LogP contribution in [-0.4, -0.2) is 59.9 Å². The van der Waals surface area contributed by atoms with E-state index in [9.17, 15) is 14.4 Å². The molecule has 2 unspecified atom stereocenters. The third-order valence-electron chi connectivity index (χ3n) is 5.57. The second-order valence-corrected chi connectivity index (χ2v) is 7.61. The number of amides is 3. The minimum Gasteiger partial charge on any atom is -0.376 e. The molecule has 2 saturated heterocycles. The predicted molar refractivity (Wildman–Crippen MR) is 95.1 cm³/mol. The fourth-order valence-electron chi connectivity index (χ4n) is 4.14. The molecule has 0 N–H and O–H groups in total. The normalized spacial score (nSPS) is 25.7. The quantitative estimate of drug-likeness (QED) is 0.780. The Bertz CT molecular complexity index is 754. The summed E-state index contributed by atoms with van der Waals surface area (Å²) in [5, 5.41) is 0. The van der Waals surface area contributed by atoms with E-state index >= 15 is 0 Å². The minimum absolute atomic E-state index is 0.0582. The minimum atomic E-state index is -0.317. The molecule has 138 valence electrons. The number of benzene rings is 1. The van der Waals surface area contributed by atoms with Crippen molar-refractivity contribution in [3.8, 4) is 0 Å². The van der Waals surface area contributed by atoms with E-state index in [1.54, 1.807) is 18.2 Å². The lowest BCUT2D eigenvalue weighted by atomic mass is 9.98. The number of piperidine rings is 1. The van der Waals surface area contributed by atoms with E-state index in [1.165, 1.54) is 4.90 Å². The third kappa shape index (κ3) is 3.03. The first-order valence-corrected chi connectivity index (χ1v) is 9.45. The standard InChI is InChI=1S/C20H24N2O4/c1-13-4-2-8-21(11-13)18(23)14-6-7-16-17(10-14)20(25)22(19(16)24)12-15-5-3-9-26-15/h6-7,10,13,15H,2-5,8-9,11-12H2,1H3. The van der Waals surface area contributed by atoms with Crippen molar-refractivity contribution in [1.29, 1.82) is 0 Å². The van der Waals surface area contributed by atoms with Crippen molar-refractivity contribution in [2.45, 2.75) is 38.7 Å². The van der Waals surface area contributed by atoms with Gasteiger partial charge >= 0.3 is 0 Å². The lowest BCUT2D eigenvalue weighted by Gasteiger charge is -2.31. The van der Waals surface area contributed by atoms with Crippen LogP contribution in [0.1, 0.15) is 63.7 Å². The van der Waals surface area contributed by atoms with Crippen LogP contribution in [0.3, 0.4) is 0 Å². The van der Waals surface area contributed by atoms with E-state index in [0.29, 0.717) is 35.8 Å². The van der Waals surface area contributed by atoms with E-state index in [0.717, 1.165) is 38.8 Å². The highest BCUT2D eigenvalue weighted by molar-refractivity contribution is 6.22. The Morgan fingerprint density at radius 3 is 2.69 bits per heavy atom. The van der Waals surface area contributed by atoms with Gasteiger partial charge in [0.2, 0.25) is 0 Å². The van der Waals surface area contributed by atoms with Gasteiger partial charge in [-0.3, -0.25) is 19.3 Å². The zero-order valence-corrected chi connectivity index (χ0v) is 15.1. The summed E-state index contributed by atoms with van der Waals surface area (Å²) in [7, 11) is 0. The number of hydrogen-bond acceptors (Lipinski definition) is 4. The zero-order valence-electron chi connectivity index (χ0n) is 15.1. The van der Waals surface area contributed by atoms with Crippen LogP contribution in [0, 0.1) is 5.92 Å². The molecule has 2 atom stereocenters. The van der Waals surface area contributed by atoms with Crippen LogP contribution in [0.4, 0.5) is 0 Å². The Kier molecular flexibility index (Phi) is 4.53. The number of imide groups is 1. The Labute approximate surface area is 153 Å². The molecule has 0 spiro atoms. The molecule has 26 heavy (non-hydrogen) atoms. The van der Waals surface area contributed by atoms with Crippen LogP contribution in [0.2, 0.25) is 0 Å². The summed E-state index contributed by atoms with van der Waals surface area (Å²) in [4.78, 5) is 41.2. The van der Waals surface area contributed by atoms with E-state index in [-0.39, 0.29) is 23.8 Å². The molecule has 3 heterocycles. The lowest BCUT2D eigenvalue weighted by Crippen LogP contribution is -2.39. The van der Waals surface area contributed by atoms with Crippen molar-refractivity contribution in [2.24, 2.45) is 5.92 Å². The maximum Gasteiger partial charge on any atom is 0.261 e. The summed E-state index contributed by atoms with van der Waals surface area (Å²) in [5.74, 6) is -0.169. The maximum absolute atomic E-state index is 12.8. The first-order valence-electron chi connectivity index (χ1n) is 9.45. The van der Waals surface area contributed by atoms with Gasteiger partial charge in [-0.05, 0) is 49.8 Å². The number of hydrogen-bond donors (Lipinski definition) is 0. The number of nitrogens with zero attached hydrogens (tertiary/aromatic N) is 2. The summed E-state index contributed by atoms with van der Waals surface area (Å²) in [5.41, 5.74) is 1.21. The lowest BCUT2D eigenvalue weighted by molar-refractivity contribution is 0.0475. The van der Waals surface area contributed by atoms with Gasteiger partial charge in [0.25, 0.3) is 17.7 Å². The van der Waals surface area contributed by atoms with E-state index in [4.69, 9.17) is 4.74 Å². The molecule has 2 fully saturated rings. The zero-order chi connectivity index (χ0) is 18.3. The molecule has 1 aromatic carbocycles. The average molecular weight is 356 g/mol. The van der Waals surface area contributed by atoms with Gasteiger partial charge in [-0.15, -0.1) is 0 Å². The largest absolute Gasteiger partial charge is 0.376 e. The number of rotatable bonds is 3. The van der Waals surface area contributed by atoms with Crippen molar-refractivity contribution in [2.75, 3.05) is 26.2 Å². The number of ether oxygens (including phenoxy) is 1. The Balaban J connectivity index is 1.54. The van der Waals surface area contributed by atoms with Crippen molar-refractivity contribution in [3.63, 3.8) is 0 Å². The van der Waals surface area contributed by atoms with E-state index in [2.05, 4.69) is 6.92 Å². The van der Waals surface area contributed by atoms with Gasteiger partial charge in [0.05, 0.1) is 23.8 Å². The number of likely N-dealkylation sites (tertiary alicyclic amines) is 1. The van der Waals surface area contributed by atoms with Crippen LogP contribution < -0.4 is 0 Å². The molecule has 1 aromatic rings. The van der Waals surface area contributed by atoms with Gasteiger partial charge in [-0.25, -0.2) is 0 Å². The molecule has 3 amide bonds. The van der Waals surface area contributed by atoms with Gasteiger partial charge in [0, 0.05) is 25.3 Å². The van der Waals surface area contributed by atoms with Crippen LogP contribution in [-0.2, 0) is 4.74 Å². The molecule has 4 rings (SSSR count). The van der Waals surface area contributed by atoms with Gasteiger partial charge in [-0.2, -0.15) is 0 Å². The first-order chi connectivity index (χ1) is 12.5. The van der Waals surface area contributed by atoms with E-state index in [1.807, 2.05) is 4.90 Å². The van der Waals surface area contributed by atoms with Gasteiger partial charge < -0.3 is 9.64 Å². The summed E-state index contributed by atoms with van der Waals surface area (Å²) in [6.07, 6.45) is 3.89. The Morgan fingerprint density at radius 1 is 1.15 bits per heavy atom. The molecule has 0 aromatic heterocycles. The van der Waals surface area contributed by atoms with E-state index < -0.39 is 0 Å². The van der Waals surface area contributed by atoms with Crippen LogP contribution in [0.25, 0.3) is 0 Å². The second-order valence-electron chi connectivity index (χ2n) is 7.61. The Hall–Kier alpha value is -2.21. The van der Waals surface area contributed by atoms with Crippen LogP contribution >= 0.6 is 0 Å². The highest BCUT2D eigenvalue weighted by atomic mass is 16.5. The highest BCUT2D eigenvalue weighted by Crippen LogP contribution is 2.27. The molecule has 0 aliphatic carbocycles. The molecule has 3 aliphatic rings. The molecule has 0 saturated carbocycles. The van der Waals surface area contributed by atoms with Crippen molar-refractivity contribution in [1.82, 2.24) is 9.80 Å². The monoisotopic (exact) mass is 356 g/mol. The number of fused-ring (bicyclic) bond motifs is 1. The van der Waals surface area contributed by atoms with Crippen molar-refractivity contribution in [3.05, 3.63) is 34.9 Å². The molecule has 0 radical (unpaired) electrons. The average Bonchev–Trinajstić information content (AvgIpc) is 3.24. The SMILES string of the molecule is CC1CCCN(C(=O)c2ccc3c(c2)C(=O)N(CC2CCCO2)C3=O)C1.